The molecule has 0 aliphatic rings. The number of sulfonamides is 1. The summed E-state index contributed by atoms with van der Waals surface area (Å²) in [4.78, 5) is 11.9. The molecular formula is C13H14N2O5S2. The molecule has 9 heteroatoms. The van der Waals surface area contributed by atoms with Crippen molar-refractivity contribution in [1.29, 1.82) is 0 Å². The van der Waals surface area contributed by atoms with E-state index in [1.54, 1.807) is 23.6 Å². The summed E-state index contributed by atoms with van der Waals surface area (Å²) in [5.41, 5.74) is 0.292. The van der Waals surface area contributed by atoms with Gasteiger partial charge in [-0.05, 0) is 23.6 Å². The van der Waals surface area contributed by atoms with E-state index in [2.05, 4.69) is 5.32 Å². The Bertz CT molecular complexity index is 757. The van der Waals surface area contributed by atoms with E-state index in [0.717, 1.165) is 11.3 Å². The van der Waals surface area contributed by atoms with Crippen molar-refractivity contribution >= 4 is 33.1 Å². The summed E-state index contributed by atoms with van der Waals surface area (Å²) in [5, 5.41) is 4.03. The standard InChI is InChI=1S/C13H14N2O5S2/c1-19-9-5-6-11(20-2)10(8-9)14-13(16)15-22(17,18)12-4-3-7-21-12/h3-8H,1-2H3,(H2,14,15,16). The van der Waals surface area contributed by atoms with Crippen molar-refractivity contribution in [3.05, 3.63) is 35.7 Å². The number of hydrogen-bond donors (Lipinski definition) is 2. The van der Waals surface area contributed by atoms with Crippen LogP contribution in [-0.4, -0.2) is 28.7 Å². The van der Waals surface area contributed by atoms with Gasteiger partial charge in [0, 0.05) is 6.07 Å². The molecule has 0 fully saturated rings. The van der Waals surface area contributed by atoms with Crippen LogP contribution in [0.3, 0.4) is 0 Å². The average Bonchev–Trinajstić information content (AvgIpc) is 3.01. The molecule has 1 aromatic carbocycles. The van der Waals surface area contributed by atoms with Crippen LogP contribution >= 0.6 is 11.3 Å². The minimum absolute atomic E-state index is 0.0558. The summed E-state index contributed by atoms with van der Waals surface area (Å²) in [6.45, 7) is 0. The number of carbonyl (C=O) groups excluding carboxylic acids is 1. The number of ether oxygens (including phenoxy) is 2. The van der Waals surface area contributed by atoms with Crippen molar-refractivity contribution in [2.24, 2.45) is 0 Å². The topological polar surface area (TPSA) is 93.7 Å². The van der Waals surface area contributed by atoms with Crippen molar-refractivity contribution in [1.82, 2.24) is 4.72 Å². The highest BCUT2D eigenvalue weighted by atomic mass is 32.2. The van der Waals surface area contributed by atoms with Gasteiger partial charge in [-0.3, -0.25) is 0 Å². The number of amides is 2. The van der Waals surface area contributed by atoms with Gasteiger partial charge in [0.25, 0.3) is 10.0 Å². The first-order valence-corrected chi connectivity index (χ1v) is 8.42. The predicted molar refractivity (Wildman–Crippen MR) is 83.2 cm³/mol. The fourth-order valence-electron chi connectivity index (χ4n) is 1.65. The van der Waals surface area contributed by atoms with Crippen LogP contribution in [0, 0.1) is 0 Å². The predicted octanol–water partition coefficient (Wildman–Crippen LogP) is 2.28. The number of carbonyl (C=O) groups is 1. The molecule has 0 saturated carbocycles. The Labute approximate surface area is 131 Å². The van der Waals surface area contributed by atoms with Gasteiger partial charge in [0.15, 0.2) is 0 Å². The molecule has 0 atom stereocenters. The van der Waals surface area contributed by atoms with Crippen molar-refractivity contribution < 1.29 is 22.7 Å². The van der Waals surface area contributed by atoms with E-state index in [1.807, 2.05) is 4.72 Å². The second-order valence-corrected chi connectivity index (χ2v) is 6.91. The number of nitrogens with one attached hydrogen (secondary N) is 2. The van der Waals surface area contributed by atoms with E-state index in [0.29, 0.717) is 17.2 Å². The van der Waals surface area contributed by atoms with Gasteiger partial charge in [0.05, 0.1) is 19.9 Å². The maximum Gasteiger partial charge on any atom is 0.333 e. The van der Waals surface area contributed by atoms with Crippen LogP contribution in [0.15, 0.2) is 39.9 Å². The number of urea groups is 1. The number of hydrogen-bond acceptors (Lipinski definition) is 6. The zero-order valence-electron chi connectivity index (χ0n) is 11.8. The molecule has 0 saturated heterocycles. The molecule has 2 amide bonds. The minimum atomic E-state index is -3.89. The second-order valence-electron chi connectivity index (χ2n) is 4.06. The fraction of sp³-hybridized carbons (Fsp3) is 0.154. The smallest absolute Gasteiger partial charge is 0.333 e. The Balaban J connectivity index is 2.16. The molecule has 0 spiro atoms. The summed E-state index contributed by atoms with van der Waals surface area (Å²) in [6.07, 6.45) is 0. The molecule has 1 aromatic heterocycles. The molecule has 0 bridgehead atoms. The fourth-order valence-corrected chi connectivity index (χ4v) is 3.55. The summed E-state index contributed by atoms with van der Waals surface area (Å²) < 4.78 is 36.1. The molecule has 22 heavy (non-hydrogen) atoms. The first-order valence-electron chi connectivity index (χ1n) is 6.05. The number of methoxy groups -OCH3 is 2. The zero-order valence-corrected chi connectivity index (χ0v) is 13.5. The van der Waals surface area contributed by atoms with Crippen LogP contribution in [-0.2, 0) is 10.0 Å². The summed E-state index contributed by atoms with van der Waals surface area (Å²) >= 11 is 1.02. The number of rotatable bonds is 5. The first-order chi connectivity index (χ1) is 10.5. The molecule has 1 heterocycles. The van der Waals surface area contributed by atoms with E-state index in [-0.39, 0.29) is 4.21 Å². The van der Waals surface area contributed by atoms with Gasteiger partial charge in [-0.2, -0.15) is 0 Å². The lowest BCUT2D eigenvalue weighted by molar-refractivity contribution is 0.256. The first kappa shape index (κ1) is 16.1. The van der Waals surface area contributed by atoms with Gasteiger partial charge in [-0.25, -0.2) is 17.9 Å². The van der Waals surface area contributed by atoms with Crippen LogP contribution in [0.1, 0.15) is 0 Å². The second kappa shape index (κ2) is 6.67. The molecule has 0 radical (unpaired) electrons. The Hall–Kier alpha value is -2.26. The van der Waals surface area contributed by atoms with E-state index >= 15 is 0 Å². The lowest BCUT2D eigenvalue weighted by atomic mass is 10.2. The van der Waals surface area contributed by atoms with Crippen LogP contribution in [0.5, 0.6) is 11.5 Å². The highest BCUT2D eigenvalue weighted by molar-refractivity contribution is 7.92. The molecule has 118 valence electrons. The Kier molecular flexibility index (Phi) is 4.88. The Morgan fingerprint density at radius 3 is 2.55 bits per heavy atom. The van der Waals surface area contributed by atoms with E-state index in [9.17, 15) is 13.2 Å². The van der Waals surface area contributed by atoms with Gasteiger partial charge < -0.3 is 14.8 Å². The molecule has 0 unspecified atom stereocenters. The number of benzene rings is 1. The Morgan fingerprint density at radius 2 is 1.95 bits per heavy atom. The van der Waals surface area contributed by atoms with Gasteiger partial charge in [0.2, 0.25) is 0 Å². The third kappa shape index (κ3) is 3.68. The molecular weight excluding hydrogens is 328 g/mol. The highest BCUT2D eigenvalue weighted by Gasteiger charge is 2.19. The van der Waals surface area contributed by atoms with Crippen molar-refractivity contribution in [3.63, 3.8) is 0 Å². The lowest BCUT2D eigenvalue weighted by Gasteiger charge is -2.12. The summed E-state index contributed by atoms with van der Waals surface area (Å²) in [6, 6.07) is 6.89. The van der Waals surface area contributed by atoms with Crippen molar-refractivity contribution in [2.75, 3.05) is 19.5 Å². The average molecular weight is 342 g/mol. The van der Waals surface area contributed by atoms with Crippen molar-refractivity contribution in [3.8, 4) is 11.5 Å². The Morgan fingerprint density at radius 1 is 1.18 bits per heavy atom. The molecule has 2 rings (SSSR count). The quantitative estimate of drug-likeness (QED) is 0.869. The monoisotopic (exact) mass is 342 g/mol. The molecule has 7 nitrogen and oxygen atoms in total. The van der Waals surface area contributed by atoms with Gasteiger partial charge in [-0.15, -0.1) is 11.3 Å². The minimum Gasteiger partial charge on any atom is -0.497 e. The van der Waals surface area contributed by atoms with Gasteiger partial charge in [-0.1, -0.05) is 6.07 Å². The lowest BCUT2D eigenvalue weighted by Crippen LogP contribution is -2.34. The normalized spacial score (nSPS) is 10.8. The maximum atomic E-state index is 12.0. The molecule has 0 aliphatic carbocycles. The molecule has 2 N–H and O–H groups in total. The molecule has 0 aliphatic heterocycles. The summed E-state index contributed by atoms with van der Waals surface area (Å²) in [5.74, 6) is 0.877. The maximum absolute atomic E-state index is 12.0. The van der Waals surface area contributed by atoms with E-state index in [1.165, 1.54) is 26.4 Å². The molecule has 2 aromatic rings. The zero-order chi connectivity index (χ0) is 16.2. The van der Waals surface area contributed by atoms with Crippen LogP contribution < -0.4 is 19.5 Å². The van der Waals surface area contributed by atoms with Crippen LogP contribution in [0.2, 0.25) is 0 Å². The van der Waals surface area contributed by atoms with E-state index in [4.69, 9.17) is 9.47 Å². The van der Waals surface area contributed by atoms with Gasteiger partial charge >= 0.3 is 6.03 Å². The van der Waals surface area contributed by atoms with E-state index < -0.39 is 16.1 Å². The third-order valence-corrected chi connectivity index (χ3v) is 5.37. The van der Waals surface area contributed by atoms with Gasteiger partial charge in [0.1, 0.15) is 15.7 Å². The number of anilines is 1. The van der Waals surface area contributed by atoms with Crippen LogP contribution in [0.25, 0.3) is 0 Å². The van der Waals surface area contributed by atoms with Crippen molar-refractivity contribution in [2.45, 2.75) is 4.21 Å². The van der Waals surface area contributed by atoms with Crippen LogP contribution in [0.4, 0.5) is 10.5 Å². The number of thiophene rings is 1. The SMILES string of the molecule is COc1ccc(OC)c(NC(=O)NS(=O)(=O)c2cccs2)c1. The highest BCUT2D eigenvalue weighted by Crippen LogP contribution is 2.28. The largest absolute Gasteiger partial charge is 0.497 e. The summed E-state index contributed by atoms with van der Waals surface area (Å²) in [7, 11) is -0.970. The third-order valence-electron chi connectivity index (χ3n) is 2.64.